The van der Waals surface area contributed by atoms with Crippen LogP contribution in [0.3, 0.4) is 0 Å². The van der Waals surface area contributed by atoms with E-state index in [1.165, 1.54) is 6.26 Å². The molecule has 0 bridgehead atoms. The summed E-state index contributed by atoms with van der Waals surface area (Å²) in [5.41, 5.74) is 1.94. The van der Waals surface area contributed by atoms with Crippen molar-refractivity contribution < 1.29 is 24.1 Å². The molecule has 0 saturated carbocycles. The fraction of sp³-hybridized carbons (Fsp3) is 0.300. The van der Waals surface area contributed by atoms with Crippen molar-refractivity contribution in [2.75, 3.05) is 13.2 Å². The highest BCUT2D eigenvalue weighted by Gasteiger charge is 2.36. The predicted molar refractivity (Wildman–Crippen MR) is 103 cm³/mol. The number of esters is 1. The van der Waals surface area contributed by atoms with E-state index in [1.54, 1.807) is 19.1 Å². The molecule has 1 aliphatic rings. The van der Waals surface area contributed by atoms with Crippen LogP contribution in [0.5, 0.6) is 0 Å². The molecule has 0 saturated heterocycles. The van der Waals surface area contributed by atoms with Crippen LogP contribution < -0.4 is 16.0 Å². The Bertz CT molecular complexity index is 862. The van der Waals surface area contributed by atoms with Crippen molar-refractivity contribution in [2.45, 2.75) is 25.9 Å². The summed E-state index contributed by atoms with van der Waals surface area (Å²) in [7, 11) is 0. The number of hydrogen-bond donors (Lipinski definition) is 3. The third-order valence-corrected chi connectivity index (χ3v) is 4.80. The lowest BCUT2D eigenvalue weighted by molar-refractivity contribution is -0.686. The van der Waals surface area contributed by atoms with E-state index in [0.717, 1.165) is 5.56 Å². The van der Waals surface area contributed by atoms with Gasteiger partial charge in [-0.05, 0) is 38.1 Å². The molecule has 0 spiro atoms. The lowest BCUT2D eigenvalue weighted by atomic mass is 9.99. The van der Waals surface area contributed by atoms with Gasteiger partial charge in [-0.3, -0.25) is 0 Å². The Morgan fingerprint density at radius 2 is 2.07 bits per heavy atom. The molecule has 2 amide bonds. The molecule has 0 aliphatic carbocycles. The van der Waals surface area contributed by atoms with E-state index in [4.69, 9.17) is 20.8 Å². The molecule has 1 aromatic carbocycles. The Morgan fingerprint density at radius 3 is 2.71 bits per heavy atom. The molecule has 2 heterocycles. The van der Waals surface area contributed by atoms with E-state index in [0.29, 0.717) is 28.6 Å². The molecule has 4 N–H and O–H groups in total. The monoisotopic (exact) mass is 404 g/mol. The molecular formula is C20H23ClN3O4+. The molecule has 148 valence electrons. The third-order valence-electron chi connectivity index (χ3n) is 4.55. The summed E-state index contributed by atoms with van der Waals surface area (Å²) in [5, 5.41) is 8.19. The van der Waals surface area contributed by atoms with Gasteiger partial charge >= 0.3 is 12.0 Å². The number of carbonyl (C=O) groups is 2. The van der Waals surface area contributed by atoms with E-state index in [-0.39, 0.29) is 12.6 Å². The molecule has 7 nitrogen and oxygen atoms in total. The van der Waals surface area contributed by atoms with Crippen LogP contribution in [0.4, 0.5) is 4.79 Å². The Kier molecular flexibility index (Phi) is 6.38. The molecule has 1 aromatic heterocycles. The maximum atomic E-state index is 12.6. The zero-order valence-corrected chi connectivity index (χ0v) is 16.5. The number of quaternary nitrogens is 1. The smallest absolute Gasteiger partial charge is 0.338 e. The topological polar surface area (TPSA) is 97.2 Å². The fourth-order valence-electron chi connectivity index (χ4n) is 3.09. The number of nitrogens with two attached hydrogens (primary N) is 1. The Hall–Kier alpha value is -2.77. The number of amides is 2. The molecule has 3 rings (SSSR count). The van der Waals surface area contributed by atoms with E-state index >= 15 is 0 Å². The first-order chi connectivity index (χ1) is 13.5. The van der Waals surface area contributed by atoms with Crippen LogP contribution in [-0.2, 0) is 9.53 Å². The summed E-state index contributed by atoms with van der Waals surface area (Å²) in [6.45, 7) is 4.41. The van der Waals surface area contributed by atoms with Gasteiger partial charge < -0.3 is 25.1 Å². The minimum Gasteiger partial charge on any atom is -0.467 e. The average molecular weight is 405 g/mol. The second-order valence-corrected chi connectivity index (χ2v) is 6.88. The van der Waals surface area contributed by atoms with Gasteiger partial charge in [0.1, 0.15) is 24.4 Å². The molecule has 2 atom stereocenters. The quantitative estimate of drug-likeness (QED) is 0.617. The van der Waals surface area contributed by atoms with Crippen LogP contribution in [0.25, 0.3) is 0 Å². The Morgan fingerprint density at radius 1 is 1.32 bits per heavy atom. The van der Waals surface area contributed by atoms with Crippen LogP contribution >= 0.6 is 11.6 Å². The van der Waals surface area contributed by atoms with Crippen molar-refractivity contribution in [3.63, 3.8) is 0 Å². The van der Waals surface area contributed by atoms with Gasteiger partial charge in [0.05, 0.1) is 24.1 Å². The minimum absolute atomic E-state index is 0.0991. The lowest BCUT2D eigenvalue weighted by Crippen LogP contribution is -2.86. The van der Waals surface area contributed by atoms with Crippen molar-refractivity contribution in [1.29, 1.82) is 0 Å². The first kappa shape index (κ1) is 20.0. The van der Waals surface area contributed by atoms with Crippen molar-refractivity contribution >= 4 is 23.6 Å². The summed E-state index contributed by atoms with van der Waals surface area (Å²) in [6.07, 6.45) is 1.50. The van der Waals surface area contributed by atoms with Gasteiger partial charge in [0.2, 0.25) is 0 Å². The van der Waals surface area contributed by atoms with Gasteiger partial charge in [0.15, 0.2) is 0 Å². The van der Waals surface area contributed by atoms with Crippen molar-refractivity contribution in [1.82, 2.24) is 10.6 Å². The summed E-state index contributed by atoms with van der Waals surface area (Å²) in [6, 6.07) is 10.0. The number of halogens is 1. The molecule has 28 heavy (non-hydrogen) atoms. The van der Waals surface area contributed by atoms with E-state index in [1.807, 2.05) is 36.5 Å². The second kappa shape index (κ2) is 8.95. The zero-order chi connectivity index (χ0) is 20.1. The first-order valence-corrected chi connectivity index (χ1v) is 9.47. The van der Waals surface area contributed by atoms with Crippen molar-refractivity contribution in [2.24, 2.45) is 0 Å². The summed E-state index contributed by atoms with van der Waals surface area (Å²) < 4.78 is 10.6. The van der Waals surface area contributed by atoms with Gasteiger partial charge in [-0.1, -0.05) is 23.7 Å². The number of ether oxygens (including phenoxy) is 1. The third kappa shape index (κ3) is 4.55. The van der Waals surface area contributed by atoms with Gasteiger partial charge in [-0.2, -0.15) is 0 Å². The summed E-state index contributed by atoms with van der Waals surface area (Å²) >= 11 is 5.95. The Balaban J connectivity index is 1.86. The molecule has 2 aromatic rings. The number of rotatable bonds is 7. The van der Waals surface area contributed by atoms with Gasteiger partial charge in [0.25, 0.3) is 0 Å². The number of furan rings is 1. The average Bonchev–Trinajstić information content (AvgIpc) is 3.21. The number of nitrogens with one attached hydrogen (secondary N) is 2. The number of hydrogen-bond acceptors (Lipinski definition) is 4. The number of carbonyl (C=O) groups excluding carboxylic acids is 2. The van der Waals surface area contributed by atoms with Crippen LogP contribution in [-0.4, -0.2) is 25.2 Å². The van der Waals surface area contributed by atoms with Crippen LogP contribution in [0.2, 0.25) is 5.02 Å². The van der Waals surface area contributed by atoms with Gasteiger partial charge in [-0.15, -0.1) is 0 Å². The van der Waals surface area contributed by atoms with E-state index in [9.17, 15) is 9.59 Å². The number of urea groups is 1. The molecule has 0 radical (unpaired) electrons. The Labute approximate surface area is 168 Å². The zero-order valence-electron chi connectivity index (χ0n) is 15.7. The van der Waals surface area contributed by atoms with Crippen LogP contribution in [0.15, 0.2) is 58.3 Å². The fourth-order valence-corrected chi connectivity index (χ4v) is 3.22. The van der Waals surface area contributed by atoms with Crippen LogP contribution in [0, 0.1) is 0 Å². The molecule has 8 heteroatoms. The maximum Gasteiger partial charge on any atom is 0.338 e. The highest BCUT2D eigenvalue weighted by atomic mass is 35.5. The summed E-state index contributed by atoms with van der Waals surface area (Å²) in [5.74, 6) is -0.0138. The molecule has 1 aliphatic heterocycles. The van der Waals surface area contributed by atoms with Crippen LogP contribution in [0.1, 0.15) is 37.3 Å². The highest BCUT2D eigenvalue weighted by molar-refractivity contribution is 6.30. The number of benzene rings is 1. The largest absolute Gasteiger partial charge is 0.467 e. The van der Waals surface area contributed by atoms with E-state index in [2.05, 4.69) is 10.6 Å². The SMILES string of the molecule is CCOC(=O)C1=C(C[NH2+][C@H](C)c2ccc(Cl)cc2)NC(=O)N[C@@H]1c1ccco1. The normalized spacial score (nSPS) is 17.7. The van der Waals surface area contributed by atoms with Crippen molar-refractivity contribution in [3.05, 3.63) is 70.3 Å². The molecular weight excluding hydrogens is 382 g/mol. The van der Waals surface area contributed by atoms with Gasteiger partial charge in [-0.25, -0.2) is 9.59 Å². The molecule has 0 fully saturated rings. The maximum absolute atomic E-state index is 12.6. The first-order valence-electron chi connectivity index (χ1n) is 9.09. The summed E-state index contributed by atoms with van der Waals surface area (Å²) in [4.78, 5) is 24.8. The van der Waals surface area contributed by atoms with E-state index < -0.39 is 18.0 Å². The minimum atomic E-state index is -0.697. The standard InChI is InChI=1S/C20H22ClN3O4/c1-3-27-19(25)17-15(11-22-12(2)13-6-8-14(21)9-7-13)23-20(26)24-18(17)16-5-4-10-28-16/h4-10,12,18,22H,3,11H2,1-2H3,(H2,23,24,26)/p+1/t12-,18-/m1/s1. The highest BCUT2D eigenvalue weighted by Crippen LogP contribution is 2.27. The predicted octanol–water partition coefficient (Wildman–Crippen LogP) is 2.43. The van der Waals surface area contributed by atoms with Crippen molar-refractivity contribution in [3.8, 4) is 0 Å². The molecule has 0 unspecified atom stereocenters. The lowest BCUT2D eigenvalue weighted by Gasteiger charge is -2.27. The van der Waals surface area contributed by atoms with Gasteiger partial charge in [0, 0.05) is 10.6 Å². The second-order valence-electron chi connectivity index (χ2n) is 6.44.